The van der Waals surface area contributed by atoms with Crippen LogP contribution in [0, 0.1) is 6.92 Å². The van der Waals surface area contributed by atoms with Crippen LogP contribution in [0.2, 0.25) is 0 Å². The maximum absolute atomic E-state index is 13.8. The van der Waals surface area contributed by atoms with Gasteiger partial charge in [0.15, 0.2) is 0 Å². The minimum Gasteiger partial charge on any atom is -0.462 e. The van der Waals surface area contributed by atoms with Crippen molar-refractivity contribution >= 4 is 17.0 Å². The molecule has 2 aromatic heterocycles. The van der Waals surface area contributed by atoms with Crippen LogP contribution in [0.3, 0.4) is 0 Å². The van der Waals surface area contributed by atoms with E-state index in [1.54, 1.807) is 24.6 Å². The monoisotopic (exact) mass is 554 g/mol. The topological polar surface area (TPSA) is 88.1 Å². The molecule has 0 bridgehead atoms. The standard InChI is InChI=1S/C25H20F6N4O4/c1-4-39-22(37)16-12-34(15-8-9-18-19(10-15)33(3)13(2)32-18)23(38)35(21(16)36)11-14-6-5-7-17(24(26,27)28)20(14)25(29,30)31/h5-10,12H,4,11H2,1-3H3. The average molecular weight is 554 g/mol. The van der Waals surface area contributed by atoms with Gasteiger partial charge in [-0.1, -0.05) is 12.1 Å². The summed E-state index contributed by atoms with van der Waals surface area (Å²) in [4.78, 5) is 43.5. The highest BCUT2D eigenvalue weighted by molar-refractivity contribution is 5.88. The highest BCUT2D eigenvalue weighted by atomic mass is 19.4. The summed E-state index contributed by atoms with van der Waals surface area (Å²) in [6.45, 7) is 1.82. The zero-order valence-electron chi connectivity index (χ0n) is 20.6. The lowest BCUT2D eigenvalue weighted by atomic mass is 9.99. The molecule has 0 amide bonds. The van der Waals surface area contributed by atoms with Gasteiger partial charge in [-0.15, -0.1) is 0 Å². The molecule has 0 aliphatic carbocycles. The minimum absolute atomic E-state index is 0.120. The van der Waals surface area contributed by atoms with Crippen LogP contribution in [0.25, 0.3) is 16.7 Å². The van der Waals surface area contributed by atoms with Gasteiger partial charge in [0, 0.05) is 13.2 Å². The zero-order chi connectivity index (χ0) is 28.9. The fourth-order valence-corrected chi connectivity index (χ4v) is 4.20. The Hall–Kier alpha value is -4.36. The van der Waals surface area contributed by atoms with E-state index < -0.39 is 58.4 Å². The molecular formula is C25H20F6N4O4. The van der Waals surface area contributed by atoms with Gasteiger partial charge in [-0.25, -0.2) is 14.6 Å². The SMILES string of the molecule is CCOC(=O)c1cn(-c2ccc3nc(C)n(C)c3c2)c(=O)n(Cc2cccc(C(F)(F)F)c2C(F)(F)F)c1=O. The highest BCUT2D eigenvalue weighted by Gasteiger charge is 2.44. The molecule has 14 heteroatoms. The Kier molecular flexibility index (Phi) is 6.91. The second-order valence-corrected chi connectivity index (χ2v) is 8.53. The molecule has 2 aromatic carbocycles. The number of benzene rings is 2. The number of rotatable bonds is 5. The molecule has 0 fully saturated rings. The Bertz CT molecular complexity index is 1710. The lowest BCUT2D eigenvalue weighted by molar-refractivity contribution is -0.162. The van der Waals surface area contributed by atoms with Crippen LogP contribution in [0.4, 0.5) is 26.3 Å². The number of alkyl halides is 6. The zero-order valence-corrected chi connectivity index (χ0v) is 20.6. The molecule has 0 unspecified atom stereocenters. The van der Waals surface area contributed by atoms with E-state index in [1.165, 1.54) is 19.1 Å². The van der Waals surface area contributed by atoms with Crippen LogP contribution in [-0.2, 0) is 30.7 Å². The molecule has 4 rings (SSSR count). The predicted molar refractivity (Wildman–Crippen MR) is 127 cm³/mol. The van der Waals surface area contributed by atoms with Crippen LogP contribution in [-0.4, -0.2) is 31.3 Å². The molecule has 0 atom stereocenters. The highest BCUT2D eigenvalue weighted by Crippen LogP contribution is 2.42. The largest absolute Gasteiger partial charge is 0.462 e. The predicted octanol–water partition coefficient (Wildman–Crippen LogP) is 4.46. The average Bonchev–Trinajstić information content (AvgIpc) is 3.13. The van der Waals surface area contributed by atoms with E-state index >= 15 is 0 Å². The van der Waals surface area contributed by atoms with E-state index in [0.717, 1.165) is 22.9 Å². The summed E-state index contributed by atoms with van der Waals surface area (Å²) in [5.41, 5.74) is -6.96. The number of halogens is 6. The van der Waals surface area contributed by atoms with Crippen LogP contribution in [0.1, 0.15) is 39.8 Å². The summed E-state index contributed by atoms with van der Waals surface area (Å²) in [5.74, 6) is -0.529. The first-order valence-corrected chi connectivity index (χ1v) is 11.4. The number of fused-ring (bicyclic) bond motifs is 1. The van der Waals surface area contributed by atoms with Crippen LogP contribution in [0.15, 0.2) is 52.2 Å². The molecule has 206 valence electrons. The summed E-state index contributed by atoms with van der Waals surface area (Å²) in [6, 6.07) is 6.23. The summed E-state index contributed by atoms with van der Waals surface area (Å²) in [7, 11) is 1.70. The third-order valence-electron chi connectivity index (χ3n) is 6.10. The van der Waals surface area contributed by atoms with Gasteiger partial charge >= 0.3 is 24.0 Å². The Labute approximate surface area is 215 Å². The smallest absolute Gasteiger partial charge is 0.417 e. The van der Waals surface area contributed by atoms with E-state index in [2.05, 4.69) is 4.98 Å². The van der Waals surface area contributed by atoms with Crippen molar-refractivity contribution in [2.24, 2.45) is 7.05 Å². The second kappa shape index (κ2) is 9.75. The van der Waals surface area contributed by atoms with Crippen LogP contribution < -0.4 is 11.2 Å². The number of ether oxygens (including phenoxy) is 1. The molecule has 39 heavy (non-hydrogen) atoms. The number of nitrogens with zero attached hydrogens (tertiary/aromatic N) is 4. The van der Waals surface area contributed by atoms with Crippen molar-refractivity contribution < 1.29 is 35.9 Å². The first-order chi connectivity index (χ1) is 18.1. The summed E-state index contributed by atoms with van der Waals surface area (Å²) in [6.07, 6.45) is -9.94. The lowest BCUT2D eigenvalue weighted by Gasteiger charge is -2.20. The van der Waals surface area contributed by atoms with E-state index in [1.807, 2.05) is 0 Å². The maximum atomic E-state index is 13.8. The quantitative estimate of drug-likeness (QED) is 0.269. The number of carbonyl (C=O) groups excluding carboxylic acids is 1. The van der Waals surface area contributed by atoms with Crippen LogP contribution in [0.5, 0.6) is 0 Å². The molecule has 2 heterocycles. The first-order valence-electron chi connectivity index (χ1n) is 11.4. The second-order valence-electron chi connectivity index (χ2n) is 8.53. The number of carbonyl (C=O) groups is 1. The summed E-state index contributed by atoms with van der Waals surface area (Å²) in [5, 5.41) is 0. The third-order valence-corrected chi connectivity index (χ3v) is 6.10. The molecule has 0 aliphatic rings. The van der Waals surface area contributed by atoms with E-state index in [-0.39, 0.29) is 22.9 Å². The molecule has 0 aliphatic heterocycles. The van der Waals surface area contributed by atoms with Crippen molar-refractivity contribution in [3.63, 3.8) is 0 Å². The van der Waals surface area contributed by atoms with E-state index in [4.69, 9.17) is 4.74 Å². The molecule has 0 spiro atoms. The van der Waals surface area contributed by atoms with Crippen molar-refractivity contribution in [1.29, 1.82) is 0 Å². The van der Waals surface area contributed by atoms with Crippen molar-refractivity contribution in [1.82, 2.24) is 18.7 Å². The Morgan fingerprint density at radius 1 is 1.03 bits per heavy atom. The van der Waals surface area contributed by atoms with Gasteiger partial charge in [-0.2, -0.15) is 26.3 Å². The Balaban J connectivity index is 2.00. The van der Waals surface area contributed by atoms with Crippen molar-refractivity contribution in [2.45, 2.75) is 32.7 Å². The van der Waals surface area contributed by atoms with Gasteiger partial charge in [-0.3, -0.25) is 13.9 Å². The first kappa shape index (κ1) is 27.7. The molecule has 8 nitrogen and oxygen atoms in total. The van der Waals surface area contributed by atoms with Gasteiger partial charge in [-0.05, 0) is 43.7 Å². The number of aromatic nitrogens is 4. The van der Waals surface area contributed by atoms with Gasteiger partial charge < -0.3 is 9.30 Å². The molecule has 0 saturated heterocycles. The fourth-order valence-electron chi connectivity index (χ4n) is 4.20. The van der Waals surface area contributed by atoms with Gasteiger partial charge in [0.2, 0.25) is 0 Å². The number of hydrogen-bond acceptors (Lipinski definition) is 5. The summed E-state index contributed by atoms with van der Waals surface area (Å²) >= 11 is 0. The maximum Gasteiger partial charge on any atom is 0.417 e. The van der Waals surface area contributed by atoms with Crippen molar-refractivity contribution in [3.8, 4) is 5.69 Å². The fraction of sp³-hybridized carbons (Fsp3) is 0.280. The normalized spacial score (nSPS) is 12.2. The molecule has 4 aromatic rings. The number of imidazole rings is 1. The van der Waals surface area contributed by atoms with Gasteiger partial charge in [0.25, 0.3) is 5.56 Å². The Morgan fingerprint density at radius 2 is 1.72 bits per heavy atom. The van der Waals surface area contributed by atoms with Crippen LogP contribution >= 0.6 is 0 Å². The van der Waals surface area contributed by atoms with E-state index in [9.17, 15) is 40.7 Å². The summed E-state index contributed by atoms with van der Waals surface area (Å²) < 4.78 is 89.5. The Morgan fingerprint density at radius 3 is 2.33 bits per heavy atom. The molecule has 0 saturated carbocycles. The van der Waals surface area contributed by atoms with Gasteiger partial charge in [0.1, 0.15) is 11.4 Å². The number of esters is 1. The van der Waals surface area contributed by atoms with Crippen molar-refractivity contribution in [2.75, 3.05) is 6.61 Å². The molecule has 0 N–H and O–H groups in total. The minimum atomic E-state index is -5.47. The molecular weight excluding hydrogens is 534 g/mol. The lowest BCUT2D eigenvalue weighted by Crippen LogP contribution is -2.42. The molecule has 0 radical (unpaired) electrons. The third kappa shape index (κ3) is 5.05. The van der Waals surface area contributed by atoms with Crippen molar-refractivity contribution in [3.05, 3.63) is 91.5 Å². The number of aryl methyl sites for hydroxylation is 2. The van der Waals surface area contributed by atoms with E-state index in [0.29, 0.717) is 16.9 Å². The number of hydrogen-bond donors (Lipinski definition) is 0. The van der Waals surface area contributed by atoms with Gasteiger partial charge in [0.05, 0.1) is 41.0 Å².